The van der Waals surface area contributed by atoms with E-state index in [0.29, 0.717) is 18.2 Å². The fourth-order valence-corrected chi connectivity index (χ4v) is 3.03. The average molecular weight is 460 g/mol. The van der Waals surface area contributed by atoms with Gasteiger partial charge in [-0.25, -0.2) is 0 Å². The molecule has 144 valence electrons. The van der Waals surface area contributed by atoms with Gasteiger partial charge in [0.25, 0.3) is 0 Å². The third kappa shape index (κ3) is 5.75. The summed E-state index contributed by atoms with van der Waals surface area (Å²) < 4.78 is 12.3. The van der Waals surface area contributed by atoms with Gasteiger partial charge in [-0.2, -0.15) is 5.10 Å². The lowest BCUT2D eigenvalue weighted by molar-refractivity contribution is 0.306. The van der Waals surface area contributed by atoms with Crippen LogP contribution in [0.4, 0.5) is 0 Å². The molecule has 0 atom stereocenters. The smallest absolute Gasteiger partial charge is 0.128 e. The SMILES string of the molecule is COc1ccccc1CN/N=C\c1cc(Cl)ccc1OCc1ccc(Br)cc1. The second-order valence-corrected chi connectivity index (χ2v) is 7.35. The van der Waals surface area contributed by atoms with Crippen molar-refractivity contribution in [3.05, 3.63) is 92.9 Å². The van der Waals surface area contributed by atoms with E-state index in [9.17, 15) is 0 Å². The minimum Gasteiger partial charge on any atom is -0.496 e. The molecule has 0 aliphatic rings. The number of ether oxygens (including phenoxy) is 2. The zero-order valence-electron chi connectivity index (χ0n) is 15.4. The van der Waals surface area contributed by atoms with Crippen LogP contribution in [0.5, 0.6) is 11.5 Å². The maximum atomic E-state index is 6.14. The van der Waals surface area contributed by atoms with Gasteiger partial charge in [0.05, 0.1) is 19.9 Å². The lowest BCUT2D eigenvalue weighted by Gasteiger charge is -2.10. The molecule has 3 aromatic rings. The van der Waals surface area contributed by atoms with E-state index in [1.807, 2.05) is 60.7 Å². The van der Waals surface area contributed by atoms with Gasteiger partial charge < -0.3 is 14.9 Å². The predicted octanol–water partition coefficient (Wildman–Crippen LogP) is 5.81. The number of benzene rings is 3. The van der Waals surface area contributed by atoms with Crippen LogP contribution in [0.1, 0.15) is 16.7 Å². The van der Waals surface area contributed by atoms with Crippen LogP contribution in [0, 0.1) is 0 Å². The fourth-order valence-electron chi connectivity index (χ4n) is 2.59. The van der Waals surface area contributed by atoms with Crippen molar-refractivity contribution in [1.29, 1.82) is 0 Å². The van der Waals surface area contributed by atoms with Crippen molar-refractivity contribution < 1.29 is 9.47 Å². The summed E-state index contributed by atoms with van der Waals surface area (Å²) in [5.41, 5.74) is 5.95. The molecule has 0 saturated heterocycles. The van der Waals surface area contributed by atoms with Crippen LogP contribution in [0.15, 0.2) is 76.3 Å². The highest BCUT2D eigenvalue weighted by molar-refractivity contribution is 9.10. The van der Waals surface area contributed by atoms with Crippen LogP contribution in [0.2, 0.25) is 5.02 Å². The summed E-state index contributed by atoms with van der Waals surface area (Å²) in [4.78, 5) is 0. The lowest BCUT2D eigenvalue weighted by Crippen LogP contribution is -2.07. The number of para-hydroxylation sites is 1. The number of halogens is 2. The number of nitrogens with one attached hydrogen (secondary N) is 1. The van der Waals surface area contributed by atoms with E-state index >= 15 is 0 Å². The van der Waals surface area contributed by atoms with Crippen molar-refractivity contribution in [3.8, 4) is 11.5 Å². The standard InChI is InChI=1S/C22H20BrClN2O2/c1-27-21-5-3-2-4-17(21)13-25-26-14-18-12-20(24)10-11-22(18)28-15-16-6-8-19(23)9-7-16/h2-12,14,25H,13,15H2,1H3/b26-14-. The van der Waals surface area contributed by atoms with Crippen LogP contribution in [-0.4, -0.2) is 13.3 Å². The Balaban J connectivity index is 1.64. The summed E-state index contributed by atoms with van der Waals surface area (Å²) in [5.74, 6) is 1.54. The third-order valence-corrected chi connectivity index (χ3v) is 4.80. The molecule has 0 aliphatic heterocycles. The van der Waals surface area contributed by atoms with Crippen molar-refractivity contribution in [2.45, 2.75) is 13.2 Å². The molecule has 0 heterocycles. The monoisotopic (exact) mass is 458 g/mol. The van der Waals surface area contributed by atoms with Crippen LogP contribution < -0.4 is 14.9 Å². The van der Waals surface area contributed by atoms with Crippen molar-refractivity contribution in [1.82, 2.24) is 5.43 Å². The Bertz CT molecular complexity index is 946. The van der Waals surface area contributed by atoms with Crippen molar-refractivity contribution in [2.24, 2.45) is 5.10 Å². The second-order valence-electron chi connectivity index (χ2n) is 6.00. The van der Waals surface area contributed by atoms with Crippen LogP contribution in [0.25, 0.3) is 0 Å². The molecular formula is C22H20BrClN2O2. The van der Waals surface area contributed by atoms with Gasteiger partial charge in [-0.15, -0.1) is 0 Å². The Morgan fingerprint density at radius 2 is 1.82 bits per heavy atom. The van der Waals surface area contributed by atoms with Gasteiger partial charge in [0.1, 0.15) is 18.1 Å². The molecular weight excluding hydrogens is 440 g/mol. The molecule has 0 fully saturated rings. The Morgan fingerprint density at radius 3 is 2.61 bits per heavy atom. The third-order valence-electron chi connectivity index (χ3n) is 4.04. The molecule has 0 bridgehead atoms. The Hall–Kier alpha value is -2.50. The van der Waals surface area contributed by atoms with Crippen molar-refractivity contribution in [3.63, 3.8) is 0 Å². The molecule has 0 saturated carbocycles. The first-order chi connectivity index (χ1) is 13.7. The van der Waals surface area contributed by atoms with Gasteiger partial charge in [0, 0.05) is 20.6 Å². The molecule has 0 amide bonds. The molecule has 0 aromatic heterocycles. The zero-order valence-corrected chi connectivity index (χ0v) is 17.7. The van der Waals surface area contributed by atoms with E-state index in [0.717, 1.165) is 32.7 Å². The molecule has 4 nitrogen and oxygen atoms in total. The van der Waals surface area contributed by atoms with E-state index < -0.39 is 0 Å². The molecule has 0 spiro atoms. The maximum absolute atomic E-state index is 6.14. The normalized spacial score (nSPS) is 10.8. The van der Waals surface area contributed by atoms with Gasteiger partial charge in [-0.1, -0.05) is 57.9 Å². The van der Waals surface area contributed by atoms with Crippen molar-refractivity contribution in [2.75, 3.05) is 7.11 Å². The lowest BCUT2D eigenvalue weighted by atomic mass is 10.2. The minimum atomic E-state index is 0.463. The van der Waals surface area contributed by atoms with Crippen LogP contribution in [0.3, 0.4) is 0 Å². The van der Waals surface area contributed by atoms with Crippen LogP contribution >= 0.6 is 27.5 Å². The molecule has 3 aromatic carbocycles. The topological polar surface area (TPSA) is 42.8 Å². The molecule has 28 heavy (non-hydrogen) atoms. The molecule has 1 N–H and O–H groups in total. The number of hydrogen-bond acceptors (Lipinski definition) is 4. The van der Waals surface area contributed by atoms with Gasteiger partial charge >= 0.3 is 0 Å². The Labute approximate surface area is 178 Å². The molecule has 0 radical (unpaired) electrons. The van der Waals surface area contributed by atoms with E-state index in [1.165, 1.54) is 0 Å². The highest BCUT2D eigenvalue weighted by atomic mass is 79.9. The maximum Gasteiger partial charge on any atom is 0.128 e. The van der Waals surface area contributed by atoms with E-state index in [1.54, 1.807) is 19.4 Å². The highest BCUT2D eigenvalue weighted by Gasteiger charge is 2.04. The van der Waals surface area contributed by atoms with E-state index in [4.69, 9.17) is 21.1 Å². The summed E-state index contributed by atoms with van der Waals surface area (Å²) in [5, 5.41) is 4.93. The predicted molar refractivity (Wildman–Crippen MR) is 117 cm³/mol. The largest absolute Gasteiger partial charge is 0.496 e. The van der Waals surface area contributed by atoms with Gasteiger partial charge in [0.2, 0.25) is 0 Å². The average Bonchev–Trinajstić information content (AvgIpc) is 2.72. The zero-order chi connectivity index (χ0) is 19.8. The molecule has 3 rings (SSSR count). The summed E-state index contributed by atoms with van der Waals surface area (Å²) in [7, 11) is 1.66. The first-order valence-corrected chi connectivity index (χ1v) is 9.87. The fraction of sp³-hybridized carbons (Fsp3) is 0.136. The molecule has 0 unspecified atom stereocenters. The Morgan fingerprint density at radius 1 is 1.04 bits per heavy atom. The number of rotatable bonds is 8. The second kappa shape index (κ2) is 10.2. The number of nitrogens with zero attached hydrogens (tertiary/aromatic N) is 1. The van der Waals surface area contributed by atoms with E-state index in [-0.39, 0.29) is 0 Å². The first kappa shape index (κ1) is 20.2. The Kier molecular flexibility index (Phi) is 7.34. The minimum absolute atomic E-state index is 0.463. The quantitative estimate of drug-likeness (QED) is 0.341. The van der Waals surface area contributed by atoms with Gasteiger partial charge in [-0.3, -0.25) is 0 Å². The molecule has 6 heteroatoms. The van der Waals surface area contributed by atoms with Gasteiger partial charge in [0.15, 0.2) is 0 Å². The summed E-state index contributed by atoms with van der Waals surface area (Å²) >= 11 is 9.57. The van der Waals surface area contributed by atoms with E-state index in [2.05, 4.69) is 26.5 Å². The molecule has 0 aliphatic carbocycles. The summed E-state index contributed by atoms with van der Waals surface area (Å²) in [6.45, 7) is 1.01. The summed E-state index contributed by atoms with van der Waals surface area (Å²) in [6.07, 6.45) is 1.71. The number of methoxy groups -OCH3 is 1. The van der Waals surface area contributed by atoms with Crippen molar-refractivity contribution >= 4 is 33.7 Å². The van der Waals surface area contributed by atoms with Crippen LogP contribution in [-0.2, 0) is 13.2 Å². The first-order valence-electron chi connectivity index (χ1n) is 8.70. The number of hydrazone groups is 1. The highest BCUT2D eigenvalue weighted by Crippen LogP contribution is 2.23. The number of hydrogen-bond donors (Lipinski definition) is 1. The summed E-state index contributed by atoms with van der Waals surface area (Å²) in [6, 6.07) is 21.3. The van der Waals surface area contributed by atoms with Gasteiger partial charge in [-0.05, 0) is 42.0 Å².